The van der Waals surface area contributed by atoms with E-state index in [4.69, 9.17) is 20.2 Å². The van der Waals surface area contributed by atoms with Crippen molar-refractivity contribution in [1.82, 2.24) is 37.0 Å². The van der Waals surface area contributed by atoms with Crippen molar-refractivity contribution in [3.05, 3.63) is 35.4 Å². The second kappa shape index (κ2) is 37.3. The van der Waals surface area contributed by atoms with Crippen molar-refractivity contribution in [2.75, 3.05) is 26.2 Å². The number of hydrogen-bond donors (Lipinski definition) is 10. The maximum Gasteiger partial charge on any atom is 0.336 e. The van der Waals surface area contributed by atoms with Crippen molar-refractivity contribution in [2.45, 2.75) is 149 Å². The molecule has 25 nitrogen and oxygen atoms in total. The third-order valence-electron chi connectivity index (χ3n) is 10.6. The lowest BCUT2D eigenvalue weighted by molar-refractivity contribution is -0.201. The van der Waals surface area contributed by atoms with Crippen LogP contribution in [0.1, 0.15) is 146 Å². The first-order valence-corrected chi connectivity index (χ1v) is 24.3. The number of nitrogens with one attached hydrogen (secondary N) is 6. The number of carbonyl (C=O) groups excluding carboxylic acids is 9. The minimum Gasteiger partial charge on any atom is -0.481 e. The number of nitrogens with zero attached hydrogens (tertiary/aromatic N) is 1. The Morgan fingerprint density at radius 2 is 1.15 bits per heavy atom. The molecular weight excluding hydrogens is 963 g/mol. The molecule has 1 aromatic carbocycles. The Balaban J connectivity index is 0.00000387. The zero-order chi connectivity index (χ0) is 55.5. The quantitative estimate of drug-likeness (QED) is 0.0443. The predicted octanol–water partition coefficient (Wildman–Crippen LogP) is 1.73. The molecule has 0 bridgehead atoms. The lowest BCUT2D eigenvalue weighted by atomic mass is 9.81. The highest BCUT2D eigenvalue weighted by Gasteiger charge is 2.37. The first-order valence-electron chi connectivity index (χ1n) is 24.3. The van der Waals surface area contributed by atoms with Gasteiger partial charge in [-0.2, -0.15) is 0 Å². The Labute approximate surface area is 423 Å². The second-order valence-electron chi connectivity index (χ2n) is 16.4. The van der Waals surface area contributed by atoms with Crippen molar-refractivity contribution in [1.29, 1.82) is 0 Å². The van der Waals surface area contributed by atoms with Crippen molar-refractivity contribution in [2.24, 2.45) is 11.8 Å². The Morgan fingerprint density at radius 3 is 1.68 bits per heavy atom. The van der Waals surface area contributed by atoms with Gasteiger partial charge in [0.05, 0.1) is 19.0 Å². The number of hydroxylamine groups is 2. The van der Waals surface area contributed by atoms with Crippen molar-refractivity contribution < 1.29 is 87.6 Å². The van der Waals surface area contributed by atoms with Crippen LogP contribution in [-0.2, 0) is 62.4 Å². The molecule has 0 radical (unpaired) electrons. The lowest BCUT2D eigenvalue weighted by Crippen LogP contribution is -2.52. The first-order chi connectivity index (χ1) is 34.6. The minimum atomic E-state index is -1.39. The fraction of sp³-hybridized carbons (Fsp3) is 0.604. The summed E-state index contributed by atoms with van der Waals surface area (Å²) < 4.78 is 0. The van der Waals surface area contributed by atoms with Gasteiger partial charge in [-0.15, -0.1) is 5.06 Å². The number of amides is 8. The zero-order valence-electron chi connectivity index (χ0n) is 42.2. The maximum atomic E-state index is 12.8. The number of aliphatic carboxylic acids is 4. The topological polar surface area (TPSA) is 387 Å². The molecule has 408 valence electrons. The van der Waals surface area contributed by atoms with Gasteiger partial charge in [0, 0.05) is 63.1 Å². The van der Waals surface area contributed by atoms with Crippen LogP contribution in [0.5, 0.6) is 0 Å². The van der Waals surface area contributed by atoms with E-state index < -0.39 is 103 Å². The van der Waals surface area contributed by atoms with E-state index in [-0.39, 0.29) is 75.8 Å². The third-order valence-corrected chi connectivity index (χ3v) is 10.6. The van der Waals surface area contributed by atoms with Crippen LogP contribution < -0.4 is 31.9 Å². The predicted molar refractivity (Wildman–Crippen MR) is 258 cm³/mol. The highest BCUT2D eigenvalue weighted by Crippen LogP contribution is 2.30. The third kappa shape index (κ3) is 29.5. The molecule has 8 amide bonds. The summed E-state index contributed by atoms with van der Waals surface area (Å²) in [5.41, 5.74) is 1.42. The number of carboxylic acid groups (broad SMARTS) is 4. The van der Waals surface area contributed by atoms with Gasteiger partial charge in [0.15, 0.2) is 0 Å². The van der Waals surface area contributed by atoms with E-state index in [1.54, 1.807) is 32.0 Å². The van der Waals surface area contributed by atoms with E-state index >= 15 is 0 Å². The van der Waals surface area contributed by atoms with Crippen molar-refractivity contribution in [3.8, 4) is 0 Å². The molecule has 10 N–H and O–H groups in total. The van der Waals surface area contributed by atoms with Crippen LogP contribution in [0, 0.1) is 18.8 Å². The van der Waals surface area contributed by atoms with Crippen molar-refractivity contribution >= 4 is 77.1 Å². The number of carboxylic acids is 4. The summed E-state index contributed by atoms with van der Waals surface area (Å²) in [7, 11) is 0. The number of carbonyl (C=O) groups is 13. The molecule has 1 aliphatic carbocycles. The molecule has 2 fully saturated rings. The molecule has 2 aliphatic rings. The molecule has 1 saturated heterocycles. The van der Waals surface area contributed by atoms with E-state index in [2.05, 4.69) is 31.9 Å². The highest BCUT2D eigenvalue weighted by molar-refractivity contribution is 6.01. The Morgan fingerprint density at radius 1 is 0.630 bits per heavy atom. The number of hydrogen-bond acceptors (Lipinski definition) is 14. The SMILES string of the molecule is CC.CCC(=O)O.CCC(=O)O.Cc1cccc(C(=O)NCCCCC(NC(=O)CNC(=O)[C@@H](CCC(=O)O)NC(=O)CNC(=O)CCCCNC(=O)C2CCC(C(=O)ON3C(=O)CCC3=O)CC2)C(=O)O)c1. The van der Waals surface area contributed by atoms with E-state index in [1.807, 2.05) is 26.8 Å². The summed E-state index contributed by atoms with van der Waals surface area (Å²) in [4.78, 5) is 158. The van der Waals surface area contributed by atoms with Crippen LogP contribution in [-0.4, -0.2) is 141 Å². The van der Waals surface area contributed by atoms with Gasteiger partial charge >= 0.3 is 29.8 Å². The molecule has 1 unspecified atom stereocenters. The van der Waals surface area contributed by atoms with Crippen LogP contribution in [0.4, 0.5) is 0 Å². The molecule has 1 aliphatic heterocycles. The lowest BCUT2D eigenvalue weighted by Gasteiger charge is -2.27. The molecule has 0 spiro atoms. The van der Waals surface area contributed by atoms with Crippen LogP contribution in [0.25, 0.3) is 0 Å². The molecule has 1 heterocycles. The maximum absolute atomic E-state index is 12.8. The summed E-state index contributed by atoms with van der Waals surface area (Å²) in [5.74, 6) is -10.2. The first kappa shape index (κ1) is 65.5. The number of unbranched alkanes of at least 4 members (excludes halogenated alkanes) is 2. The standard InChI is InChI=1S/C40H55N7O14.2C3H6O2.C2H6/c1-24-7-6-8-27(21-24)37(56)42-19-4-2-9-29(39(58)59)46-32(50)23-44-38(57)28(15-18-35(53)54)45-31(49)22-43-30(48)10-3-5-20-41-36(55)25-11-13-26(14-12-25)40(60)61-47-33(51)16-17-34(47)52;2*1-2-3(4)5;1-2/h6-8,21,25-26,28-29H,2-5,9-20,22-23H2,1H3,(H,41,55)(H,42,56)(H,43,48)(H,44,57)(H,45,49)(H,46,50)(H,53,54)(H,58,59);2*2H2,1H3,(H,4,5);1-2H3/t25?,26?,28-,29?;;;/m1.../s1. The van der Waals surface area contributed by atoms with Gasteiger partial charge in [-0.25, -0.2) is 9.59 Å². The van der Waals surface area contributed by atoms with Gasteiger partial charge < -0.3 is 57.2 Å². The van der Waals surface area contributed by atoms with Crippen LogP contribution >= 0.6 is 0 Å². The van der Waals surface area contributed by atoms with Gasteiger partial charge in [0.1, 0.15) is 12.1 Å². The normalized spacial score (nSPS) is 15.3. The molecule has 3 rings (SSSR count). The minimum absolute atomic E-state index is 0.00199. The summed E-state index contributed by atoms with van der Waals surface area (Å²) in [5, 5.41) is 49.5. The number of rotatable bonds is 27. The molecule has 25 heteroatoms. The van der Waals surface area contributed by atoms with Gasteiger partial charge in [-0.3, -0.25) is 52.7 Å². The fourth-order valence-corrected chi connectivity index (χ4v) is 6.59. The smallest absolute Gasteiger partial charge is 0.336 e. The average molecular weight is 1040 g/mol. The molecular formula is C48H73N7O18. The summed E-state index contributed by atoms with van der Waals surface area (Å²) >= 11 is 0. The zero-order valence-corrected chi connectivity index (χ0v) is 42.2. The molecule has 1 aromatic rings. The van der Waals surface area contributed by atoms with Crippen molar-refractivity contribution in [3.63, 3.8) is 0 Å². The monoisotopic (exact) mass is 1040 g/mol. The number of aryl methyl sites for hydroxylation is 1. The fourth-order valence-electron chi connectivity index (χ4n) is 6.59. The van der Waals surface area contributed by atoms with E-state index in [9.17, 15) is 67.4 Å². The highest BCUT2D eigenvalue weighted by atomic mass is 16.7. The van der Waals surface area contributed by atoms with Gasteiger partial charge in [0.25, 0.3) is 17.7 Å². The molecule has 0 aromatic heterocycles. The average Bonchev–Trinajstić information content (AvgIpc) is 3.68. The van der Waals surface area contributed by atoms with Crippen LogP contribution in [0.3, 0.4) is 0 Å². The van der Waals surface area contributed by atoms with Gasteiger partial charge in [-0.05, 0) is 83.3 Å². The Kier molecular flexibility index (Phi) is 33.5. The molecule has 73 heavy (non-hydrogen) atoms. The Bertz CT molecular complexity index is 2010. The van der Waals surface area contributed by atoms with Crippen LogP contribution in [0.2, 0.25) is 0 Å². The second-order valence-corrected chi connectivity index (χ2v) is 16.4. The van der Waals surface area contributed by atoms with Gasteiger partial charge in [-0.1, -0.05) is 45.4 Å². The van der Waals surface area contributed by atoms with E-state index in [0.717, 1.165) is 5.56 Å². The molecule has 2 atom stereocenters. The Hall–Kier alpha value is -7.47. The number of imide groups is 1. The van der Waals surface area contributed by atoms with E-state index in [0.29, 0.717) is 62.0 Å². The van der Waals surface area contributed by atoms with E-state index in [1.165, 1.54) is 0 Å². The summed E-state index contributed by atoms with van der Waals surface area (Å²) in [6.45, 7) is 8.41. The van der Waals surface area contributed by atoms with Gasteiger partial charge in [0.2, 0.25) is 29.5 Å². The number of benzene rings is 1. The molecule has 1 saturated carbocycles. The van der Waals surface area contributed by atoms with Crippen LogP contribution in [0.15, 0.2) is 24.3 Å². The summed E-state index contributed by atoms with van der Waals surface area (Å²) in [6.07, 6.45) is 2.77. The largest absolute Gasteiger partial charge is 0.481 e. The summed E-state index contributed by atoms with van der Waals surface area (Å²) in [6, 6.07) is 4.35.